The Bertz CT molecular complexity index is 1490. The van der Waals surface area contributed by atoms with Gasteiger partial charge in [0, 0.05) is 43.3 Å². The van der Waals surface area contributed by atoms with E-state index in [1.54, 1.807) is 23.6 Å². The number of fused-ring (bicyclic) bond motifs is 1. The van der Waals surface area contributed by atoms with E-state index >= 15 is 0 Å². The summed E-state index contributed by atoms with van der Waals surface area (Å²) in [6.45, 7) is 1.79. The molecule has 2 aliphatic rings. The van der Waals surface area contributed by atoms with Crippen molar-refractivity contribution in [3.8, 4) is 0 Å². The Kier molecular flexibility index (Phi) is 12.9. The van der Waals surface area contributed by atoms with E-state index in [0.717, 1.165) is 6.07 Å². The zero-order chi connectivity index (χ0) is 31.3. The summed E-state index contributed by atoms with van der Waals surface area (Å²) < 4.78 is 69.4. The van der Waals surface area contributed by atoms with Crippen LogP contribution in [0.1, 0.15) is 50.1 Å². The van der Waals surface area contributed by atoms with E-state index in [2.05, 4.69) is 15.3 Å². The molecule has 17 heteroatoms. The number of aliphatic hydroxyl groups excluding tert-OH is 1. The van der Waals surface area contributed by atoms with Gasteiger partial charge in [-0.15, -0.1) is 5.43 Å². The smallest absolute Gasteiger partial charge is 0.397 e. The van der Waals surface area contributed by atoms with Gasteiger partial charge in [-0.05, 0) is 56.5 Å². The molecule has 0 radical (unpaired) electrons. The number of hydrazine groups is 1. The first kappa shape index (κ1) is 36.1. The van der Waals surface area contributed by atoms with Gasteiger partial charge in [-0.25, -0.2) is 13.6 Å². The molecule has 0 saturated carbocycles. The van der Waals surface area contributed by atoms with Crippen LogP contribution in [0.3, 0.4) is 0 Å². The number of urea groups is 1. The molecule has 2 aliphatic heterocycles. The summed E-state index contributed by atoms with van der Waals surface area (Å²) in [5.74, 6) is -4.35. The van der Waals surface area contributed by atoms with Crippen molar-refractivity contribution in [1.82, 2.24) is 35.2 Å². The van der Waals surface area contributed by atoms with Crippen molar-refractivity contribution >= 4 is 23.1 Å². The van der Waals surface area contributed by atoms with Gasteiger partial charge in [0.25, 0.3) is 5.91 Å². The summed E-state index contributed by atoms with van der Waals surface area (Å²) in [6, 6.07) is 4.59. The summed E-state index contributed by atoms with van der Waals surface area (Å²) in [7, 11) is 0. The van der Waals surface area contributed by atoms with Crippen LogP contribution < -0.4 is 72.8 Å². The zero-order valence-electron chi connectivity index (χ0n) is 24.2. The van der Waals surface area contributed by atoms with Gasteiger partial charge in [0.05, 0.1) is 0 Å². The third kappa shape index (κ3) is 8.64. The fourth-order valence-electron chi connectivity index (χ4n) is 5.39. The molecular weight excluding hydrogens is 620 g/mol. The van der Waals surface area contributed by atoms with E-state index in [-0.39, 0.29) is 95.5 Å². The average Bonchev–Trinajstić information content (AvgIpc) is 3.22. The maximum Gasteiger partial charge on any atom is 1.00 e. The van der Waals surface area contributed by atoms with Gasteiger partial charge in [0.2, 0.25) is 5.69 Å². The molecule has 3 amide bonds. The molecule has 11 nitrogen and oxygen atoms in total. The van der Waals surface area contributed by atoms with Crippen LogP contribution in [0, 0.1) is 11.6 Å². The molecule has 2 saturated heterocycles. The van der Waals surface area contributed by atoms with Crippen LogP contribution in [0.5, 0.6) is 0 Å². The number of nitrogens with zero attached hydrogens (tertiary/aromatic N) is 5. The number of halogens is 5. The number of pyridine rings is 1. The number of likely N-dealkylation sites (tertiary alicyclic amines) is 1. The molecule has 0 spiro atoms. The van der Waals surface area contributed by atoms with Crippen molar-refractivity contribution in [3.63, 3.8) is 0 Å². The topological polar surface area (TPSA) is 134 Å². The summed E-state index contributed by atoms with van der Waals surface area (Å²) in [5, 5.41) is 10.4. The van der Waals surface area contributed by atoms with Crippen LogP contribution in [0.15, 0.2) is 41.3 Å². The summed E-state index contributed by atoms with van der Waals surface area (Å²) in [5.41, 5.74) is 1.48. The second kappa shape index (κ2) is 15.7. The van der Waals surface area contributed by atoms with Crippen LogP contribution in [0.4, 0.5) is 26.7 Å². The minimum absolute atomic E-state index is 0. The van der Waals surface area contributed by atoms with Crippen LogP contribution in [-0.2, 0) is 4.79 Å². The number of carbonyl (C=O) groups is 2. The number of alkyl halides is 3. The van der Waals surface area contributed by atoms with E-state index in [1.165, 1.54) is 28.7 Å². The third-order valence-electron chi connectivity index (χ3n) is 7.30. The molecule has 4 heterocycles. The molecule has 5 rings (SSSR count). The average molecular weight is 652 g/mol. The molecule has 44 heavy (non-hydrogen) atoms. The van der Waals surface area contributed by atoms with Gasteiger partial charge < -0.3 is 29.9 Å². The van der Waals surface area contributed by atoms with Crippen molar-refractivity contribution in [2.24, 2.45) is 0 Å². The first-order valence-corrected chi connectivity index (χ1v) is 13.7. The Morgan fingerprint density at radius 1 is 1.09 bits per heavy atom. The number of hydrogen-bond donors (Lipinski definition) is 3. The van der Waals surface area contributed by atoms with Crippen molar-refractivity contribution < 1.29 is 88.0 Å². The molecule has 3 aromatic rings. The predicted molar refractivity (Wildman–Crippen MR) is 143 cm³/mol. The van der Waals surface area contributed by atoms with Crippen LogP contribution in [0.25, 0.3) is 11.2 Å². The minimum Gasteiger partial charge on any atom is -0.397 e. The molecule has 1 aromatic carbocycles. The SMILES string of the molecule is CCO.O=C(N[C@@H]1CC[C@@H](c2cccc(F)c2F)CN(NC(F)(F)F)C1=O)N1CCC(n2c(=O)[n-]c3ncccc32)CC1.[K+]. The van der Waals surface area contributed by atoms with E-state index in [1.807, 2.05) is 0 Å². The first-order valence-electron chi connectivity index (χ1n) is 13.7. The van der Waals surface area contributed by atoms with E-state index in [9.17, 15) is 36.3 Å². The molecule has 2 atom stereocenters. The Hall–Kier alpha value is -2.41. The fourth-order valence-corrected chi connectivity index (χ4v) is 5.39. The molecule has 0 bridgehead atoms. The Balaban J connectivity index is 0.00000127. The fraction of sp³-hybridized carbons (Fsp3) is 0.481. The van der Waals surface area contributed by atoms with Crippen molar-refractivity contribution in [3.05, 3.63) is 64.2 Å². The molecule has 2 aromatic heterocycles. The molecular formula is C27H31F5KN7O4. The molecule has 0 aliphatic carbocycles. The van der Waals surface area contributed by atoms with Gasteiger partial charge in [-0.2, -0.15) is 13.2 Å². The number of carbonyl (C=O) groups excluding carboxylic acids is 2. The quantitative estimate of drug-likeness (QED) is 0.202. The second-order valence-corrected chi connectivity index (χ2v) is 10.1. The molecule has 3 N–H and O–H groups in total. The number of aliphatic hydroxyl groups is 1. The summed E-state index contributed by atoms with van der Waals surface area (Å²) in [6.07, 6.45) is -2.71. The molecule has 2 fully saturated rings. The van der Waals surface area contributed by atoms with Crippen LogP contribution in [0.2, 0.25) is 0 Å². The number of nitrogens with one attached hydrogen (secondary N) is 2. The Labute approximate surface area is 291 Å². The number of amides is 3. The third-order valence-corrected chi connectivity index (χ3v) is 7.30. The predicted octanol–water partition coefficient (Wildman–Crippen LogP) is -0.220. The van der Waals surface area contributed by atoms with Gasteiger partial charge in [0.1, 0.15) is 6.04 Å². The number of rotatable bonds is 4. The van der Waals surface area contributed by atoms with Crippen molar-refractivity contribution in [2.75, 3.05) is 26.2 Å². The number of hydrogen-bond acceptors (Lipinski definition) is 6. The number of benzene rings is 1. The summed E-state index contributed by atoms with van der Waals surface area (Å²) >= 11 is 0. The maximum absolute atomic E-state index is 14.4. The van der Waals surface area contributed by atoms with E-state index in [4.69, 9.17) is 5.11 Å². The number of piperidine rings is 1. The Morgan fingerprint density at radius 2 is 1.77 bits per heavy atom. The van der Waals surface area contributed by atoms with Gasteiger partial charge in [-0.1, -0.05) is 24.3 Å². The van der Waals surface area contributed by atoms with Gasteiger partial charge in [0.15, 0.2) is 11.6 Å². The number of imidazole rings is 1. The Morgan fingerprint density at radius 3 is 2.43 bits per heavy atom. The standard InChI is InChI=1S/C25H26F5N7O3.C2H6O.K/c26-17-4-1-3-16(20(17)27)14-6-7-18(22(38)36(13-14)34-25(28,29)30)32-23(39)35-11-8-15(9-12-35)37-19-5-2-10-31-21(19)33-24(37)40;1-2-3;/h1-5,10,14-15,18,34H,6-9,11-13H2,(H2,31,32,33,39,40);3H,2H2,1H3;/q;;+1/p-1/t14-,18-;;/m1../s1. The largest absolute Gasteiger partial charge is 1.00 e. The second-order valence-electron chi connectivity index (χ2n) is 10.1. The maximum atomic E-state index is 14.4. The molecule has 0 unspecified atom stereocenters. The van der Waals surface area contributed by atoms with Gasteiger partial charge >= 0.3 is 63.7 Å². The van der Waals surface area contributed by atoms with Crippen LogP contribution >= 0.6 is 0 Å². The van der Waals surface area contributed by atoms with Crippen molar-refractivity contribution in [2.45, 2.75) is 56.9 Å². The van der Waals surface area contributed by atoms with Crippen LogP contribution in [-0.4, -0.2) is 75.1 Å². The zero-order valence-corrected chi connectivity index (χ0v) is 27.3. The van der Waals surface area contributed by atoms with E-state index < -0.39 is 54.1 Å². The first-order chi connectivity index (χ1) is 20.4. The number of aromatic nitrogens is 3. The molecule has 234 valence electrons. The minimum atomic E-state index is -4.98. The summed E-state index contributed by atoms with van der Waals surface area (Å²) in [4.78, 5) is 48.0. The van der Waals surface area contributed by atoms with Gasteiger partial charge in [-0.3, -0.25) is 14.6 Å². The normalized spacial score (nSPS) is 19.6. The van der Waals surface area contributed by atoms with Crippen molar-refractivity contribution in [1.29, 1.82) is 0 Å². The van der Waals surface area contributed by atoms with E-state index in [0.29, 0.717) is 29.0 Å². The monoisotopic (exact) mass is 651 g/mol.